The molecule has 2 amide bonds. The lowest BCUT2D eigenvalue weighted by Gasteiger charge is -2.36. The molecule has 0 radical (unpaired) electrons. The van der Waals surface area contributed by atoms with Crippen molar-refractivity contribution in [3.63, 3.8) is 0 Å². The van der Waals surface area contributed by atoms with Crippen LogP contribution in [0.15, 0.2) is 24.3 Å². The van der Waals surface area contributed by atoms with E-state index in [1.807, 2.05) is 17.0 Å². The molecule has 2 aliphatic rings. The molecule has 0 aromatic heterocycles. The van der Waals surface area contributed by atoms with Crippen molar-refractivity contribution >= 4 is 29.1 Å². The van der Waals surface area contributed by atoms with E-state index >= 15 is 0 Å². The zero-order valence-electron chi connectivity index (χ0n) is 14.9. The zero-order valence-corrected chi connectivity index (χ0v) is 15.7. The van der Waals surface area contributed by atoms with Gasteiger partial charge in [0.2, 0.25) is 11.8 Å². The minimum Gasteiger partial charge on any atom is -0.340 e. The van der Waals surface area contributed by atoms with Gasteiger partial charge in [0.1, 0.15) is 0 Å². The third kappa shape index (κ3) is 4.33. The Kier molecular flexibility index (Phi) is 5.64. The van der Waals surface area contributed by atoms with Gasteiger partial charge < -0.3 is 9.80 Å². The van der Waals surface area contributed by atoms with Crippen molar-refractivity contribution in [1.29, 1.82) is 0 Å². The average Bonchev–Trinajstić information content (AvgIpc) is 2.97. The van der Waals surface area contributed by atoms with Crippen molar-refractivity contribution in [1.82, 2.24) is 9.80 Å². The first kappa shape index (κ1) is 18.2. The van der Waals surface area contributed by atoms with Crippen LogP contribution in [-0.4, -0.2) is 60.9 Å². The molecular formula is C19H26ClN3O2. The number of carbonyl (C=O) groups is 2. The van der Waals surface area contributed by atoms with Gasteiger partial charge in [0.25, 0.3) is 0 Å². The van der Waals surface area contributed by atoms with Crippen molar-refractivity contribution in [3.05, 3.63) is 29.3 Å². The molecule has 1 aromatic carbocycles. The number of hydrogen-bond donors (Lipinski definition) is 0. The second-order valence-corrected chi connectivity index (χ2v) is 7.84. The van der Waals surface area contributed by atoms with Crippen LogP contribution in [0.3, 0.4) is 0 Å². The van der Waals surface area contributed by atoms with E-state index in [9.17, 15) is 9.59 Å². The number of benzene rings is 1. The highest BCUT2D eigenvalue weighted by molar-refractivity contribution is 6.30. The second-order valence-electron chi connectivity index (χ2n) is 7.40. The van der Waals surface area contributed by atoms with Crippen molar-refractivity contribution in [2.45, 2.75) is 20.3 Å². The predicted octanol–water partition coefficient (Wildman–Crippen LogP) is 2.49. The molecule has 2 aliphatic heterocycles. The standard InChI is InChI=1S/C19H26ClN3O2/c1-14(2)12-21-7-9-22(10-8-21)19(25)15-11-18(24)23(13-15)17-5-3-16(20)4-6-17/h3-6,14-15H,7-13H2,1-2H3. The SMILES string of the molecule is CC(C)CN1CCN(C(=O)C2CC(=O)N(c3ccc(Cl)cc3)C2)CC1. The summed E-state index contributed by atoms with van der Waals surface area (Å²) < 4.78 is 0. The molecule has 2 heterocycles. The van der Waals surface area contributed by atoms with Crippen molar-refractivity contribution in [2.24, 2.45) is 11.8 Å². The lowest BCUT2D eigenvalue weighted by Crippen LogP contribution is -2.51. The van der Waals surface area contributed by atoms with E-state index in [-0.39, 0.29) is 17.7 Å². The number of rotatable bonds is 4. The smallest absolute Gasteiger partial charge is 0.228 e. The number of hydrogen-bond acceptors (Lipinski definition) is 3. The van der Waals surface area contributed by atoms with Crippen LogP contribution in [0.5, 0.6) is 0 Å². The molecule has 1 atom stereocenters. The summed E-state index contributed by atoms with van der Waals surface area (Å²) >= 11 is 5.91. The first-order valence-corrected chi connectivity index (χ1v) is 9.39. The Bertz CT molecular complexity index is 624. The molecule has 3 rings (SSSR count). The van der Waals surface area contributed by atoms with Gasteiger partial charge in [-0.3, -0.25) is 14.5 Å². The minimum atomic E-state index is -0.236. The van der Waals surface area contributed by atoms with Gasteiger partial charge in [-0.05, 0) is 30.2 Å². The van der Waals surface area contributed by atoms with Crippen LogP contribution in [-0.2, 0) is 9.59 Å². The first-order chi connectivity index (χ1) is 11.9. The maximum absolute atomic E-state index is 12.8. The molecule has 5 nitrogen and oxygen atoms in total. The Morgan fingerprint density at radius 2 is 1.80 bits per heavy atom. The molecule has 0 N–H and O–H groups in total. The topological polar surface area (TPSA) is 43.9 Å². The quantitative estimate of drug-likeness (QED) is 0.825. The highest BCUT2D eigenvalue weighted by atomic mass is 35.5. The number of carbonyl (C=O) groups excluding carboxylic acids is 2. The van der Waals surface area contributed by atoms with E-state index in [0.717, 1.165) is 38.4 Å². The van der Waals surface area contributed by atoms with Gasteiger partial charge in [-0.1, -0.05) is 25.4 Å². The summed E-state index contributed by atoms with van der Waals surface area (Å²) in [7, 11) is 0. The second kappa shape index (κ2) is 7.75. The fraction of sp³-hybridized carbons (Fsp3) is 0.579. The molecule has 1 aromatic rings. The molecule has 2 fully saturated rings. The molecule has 1 unspecified atom stereocenters. The van der Waals surface area contributed by atoms with Gasteiger partial charge in [-0.2, -0.15) is 0 Å². The van der Waals surface area contributed by atoms with Crippen LogP contribution < -0.4 is 4.90 Å². The number of amides is 2. The third-order valence-electron chi connectivity index (χ3n) is 4.92. The first-order valence-electron chi connectivity index (χ1n) is 9.01. The third-order valence-corrected chi connectivity index (χ3v) is 5.17. The fourth-order valence-electron chi connectivity index (χ4n) is 3.67. The summed E-state index contributed by atoms with van der Waals surface area (Å²) in [6.07, 6.45) is 0.299. The number of halogens is 1. The van der Waals surface area contributed by atoms with Crippen LogP contribution in [0.25, 0.3) is 0 Å². The van der Waals surface area contributed by atoms with Crippen LogP contribution in [0.2, 0.25) is 5.02 Å². The van der Waals surface area contributed by atoms with Crippen LogP contribution in [0, 0.1) is 11.8 Å². The minimum absolute atomic E-state index is 0.0131. The Morgan fingerprint density at radius 3 is 2.40 bits per heavy atom. The van der Waals surface area contributed by atoms with Gasteiger partial charge in [0.05, 0.1) is 5.92 Å². The predicted molar refractivity (Wildman–Crippen MR) is 99.8 cm³/mol. The highest BCUT2D eigenvalue weighted by Crippen LogP contribution is 2.27. The van der Waals surface area contributed by atoms with Crippen molar-refractivity contribution in [2.75, 3.05) is 44.2 Å². The Hall–Kier alpha value is -1.59. The highest BCUT2D eigenvalue weighted by Gasteiger charge is 2.37. The van der Waals surface area contributed by atoms with Crippen LogP contribution in [0.4, 0.5) is 5.69 Å². The molecule has 0 bridgehead atoms. The summed E-state index contributed by atoms with van der Waals surface area (Å²) in [5.74, 6) is 0.538. The molecule has 0 saturated carbocycles. The van der Waals surface area contributed by atoms with Crippen molar-refractivity contribution < 1.29 is 9.59 Å². The molecule has 2 saturated heterocycles. The summed E-state index contributed by atoms with van der Waals surface area (Å²) in [5, 5.41) is 0.641. The molecule has 0 aliphatic carbocycles. The Balaban J connectivity index is 1.57. The Morgan fingerprint density at radius 1 is 1.16 bits per heavy atom. The van der Waals surface area contributed by atoms with Gasteiger partial charge >= 0.3 is 0 Å². The maximum Gasteiger partial charge on any atom is 0.228 e. The van der Waals surface area contributed by atoms with E-state index < -0.39 is 0 Å². The maximum atomic E-state index is 12.8. The number of anilines is 1. The fourth-order valence-corrected chi connectivity index (χ4v) is 3.79. The summed E-state index contributed by atoms with van der Waals surface area (Å²) in [6, 6.07) is 7.20. The van der Waals surface area contributed by atoms with Crippen LogP contribution >= 0.6 is 11.6 Å². The summed E-state index contributed by atoms with van der Waals surface area (Å²) in [6.45, 7) is 9.34. The van der Waals surface area contributed by atoms with E-state index in [2.05, 4.69) is 18.7 Å². The van der Waals surface area contributed by atoms with Crippen molar-refractivity contribution in [3.8, 4) is 0 Å². The number of piperazine rings is 1. The van der Waals surface area contributed by atoms with Gasteiger partial charge in [0, 0.05) is 56.4 Å². The van der Waals surface area contributed by atoms with Crippen LogP contribution in [0.1, 0.15) is 20.3 Å². The summed E-state index contributed by atoms with van der Waals surface area (Å²) in [4.78, 5) is 31.2. The molecular weight excluding hydrogens is 338 g/mol. The van der Waals surface area contributed by atoms with Gasteiger partial charge in [-0.25, -0.2) is 0 Å². The average molecular weight is 364 g/mol. The van der Waals surface area contributed by atoms with E-state index in [0.29, 0.717) is 23.9 Å². The van der Waals surface area contributed by atoms with E-state index in [1.165, 1.54) is 0 Å². The molecule has 25 heavy (non-hydrogen) atoms. The monoisotopic (exact) mass is 363 g/mol. The largest absolute Gasteiger partial charge is 0.340 e. The lowest BCUT2D eigenvalue weighted by molar-refractivity contribution is -0.137. The van der Waals surface area contributed by atoms with Gasteiger partial charge in [-0.15, -0.1) is 0 Å². The Labute approximate surface area is 154 Å². The molecule has 0 spiro atoms. The van der Waals surface area contributed by atoms with E-state index in [4.69, 9.17) is 11.6 Å². The summed E-state index contributed by atoms with van der Waals surface area (Å²) in [5.41, 5.74) is 0.812. The number of nitrogens with zero attached hydrogens (tertiary/aromatic N) is 3. The van der Waals surface area contributed by atoms with Gasteiger partial charge in [0.15, 0.2) is 0 Å². The normalized spacial score (nSPS) is 22.1. The molecule has 6 heteroatoms. The lowest BCUT2D eigenvalue weighted by atomic mass is 10.1. The van der Waals surface area contributed by atoms with E-state index in [1.54, 1.807) is 17.0 Å². The molecule has 136 valence electrons. The zero-order chi connectivity index (χ0) is 18.0.